The number of nitrogens with one attached hydrogen (secondary N) is 1. The molecule has 118 valence electrons. The number of benzene rings is 1. The lowest BCUT2D eigenvalue weighted by Crippen LogP contribution is -2.29. The van der Waals surface area contributed by atoms with Crippen LogP contribution in [0.3, 0.4) is 0 Å². The zero-order valence-electron chi connectivity index (χ0n) is 11.1. The summed E-state index contributed by atoms with van der Waals surface area (Å²) in [6.07, 6.45) is 0.442. The lowest BCUT2D eigenvalue weighted by atomic mass is 10.1. The Kier molecular flexibility index (Phi) is 6.42. The first kappa shape index (κ1) is 18.2. The van der Waals surface area contributed by atoms with E-state index in [-0.39, 0.29) is 29.0 Å². The van der Waals surface area contributed by atoms with Crippen LogP contribution in [0.25, 0.3) is 0 Å². The van der Waals surface area contributed by atoms with Crippen molar-refractivity contribution in [2.75, 3.05) is 13.2 Å². The van der Waals surface area contributed by atoms with Crippen molar-refractivity contribution in [2.45, 2.75) is 18.2 Å². The number of hydrogen-bond donors (Lipinski definition) is 3. The van der Waals surface area contributed by atoms with Gasteiger partial charge < -0.3 is 10.2 Å². The fourth-order valence-electron chi connectivity index (χ4n) is 1.59. The average molecular weight is 356 g/mol. The second kappa shape index (κ2) is 7.42. The monoisotopic (exact) mass is 355 g/mol. The Hall–Kier alpha value is -0.860. The molecule has 0 aliphatic carbocycles. The van der Waals surface area contributed by atoms with Gasteiger partial charge in [-0.1, -0.05) is 30.1 Å². The van der Waals surface area contributed by atoms with Crippen LogP contribution in [0.15, 0.2) is 17.0 Å². The van der Waals surface area contributed by atoms with Crippen molar-refractivity contribution >= 4 is 39.2 Å². The third-order valence-corrected chi connectivity index (χ3v) is 5.09. The van der Waals surface area contributed by atoms with Gasteiger partial charge in [-0.3, -0.25) is 0 Å². The molecule has 0 radical (unpaired) electrons. The third-order valence-electron chi connectivity index (χ3n) is 2.80. The first-order valence-electron chi connectivity index (χ1n) is 6.02. The van der Waals surface area contributed by atoms with Gasteiger partial charge in [-0.25, -0.2) is 17.9 Å². The second-order valence-corrected chi connectivity index (χ2v) is 7.03. The second-order valence-electron chi connectivity index (χ2n) is 4.51. The summed E-state index contributed by atoms with van der Waals surface area (Å²) in [5.74, 6) is -1.48. The summed E-state index contributed by atoms with van der Waals surface area (Å²) in [5, 5.41) is 17.2. The quantitative estimate of drug-likeness (QED) is 0.693. The number of hydrogen-bond acceptors (Lipinski definition) is 4. The van der Waals surface area contributed by atoms with Gasteiger partial charge in [-0.15, -0.1) is 0 Å². The van der Waals surface area contributed by atoms with E-state index in [0.717, 1.165) is 6.07 Å². The van der Waals surface area contributed by atoms with Crippen LogP contribution < -0.4 is 4.72 Å². The van der Waals surface area contributed by atoms with Crippen LogP contribution in [0.2, 0.25) is 10.0 Å². The highest BCUT2D eigenvalue weighted by molar-refractivity contribution is 7.89. The first-order valence-corrected chi connectivity index (χ1v) is 8.26. The van der Waals surface area contributed by atoms with E-state index in [1.165, 1.54) is 6.07 Å². The highest BCUT2D eigenvalue weighted by atomic mass is 35.5. The number of halogens is 2. The number of carboxylic acids is 1. The molecule has 1 rings (SSSR count). The summed E-state index contributed by atoms with van der Waals surface area (Å²) in [6, 6.07) is 2.32. The third kappa shape index (κ3) is 4.55. The van der Waals surface area contributed by atoms with Crippen molar-refractivity contribution in [1.29, 1.82) is 0 Å². The van der Waals surface area contributed by atoms with Crippen LogP contribution in [0, 0.1) is 5.92 Å². The van der Waals surface area contributed by atoms with E-state index < -0.39 is 26.6 Å². The first-order chi connectivity index (χ1) is 9.70. The van der Waals surface area contributed by atoms with E-state index in [4.69, 9.17) is 33.4 Å². The van der Waals surface area contributed by atoms with Gasteiger partial charge in [0.15, 0.2) is 0 Å². The van der Waals surface area contributed by atoms with Gasteiger partial charge in [-0.05, 0) is 24.5 Å². The number of carbonyl (C=O) groups is 1. The molecule has 6 nitrogen and oxygen atoms in total. The van der Waals surface area contributed by atoms with Crippen LogP contribution in [0.4, 0.5) is 0 Å². The predicted molar refractivity (Wildman–Crippen MR) is 79.5 cm³/mol. The molecule has 0 saturated heterocycles. The lowest BCUT2D eigenvalue weighted by Gasteiger charge is -2.13. The summed E-state index contributed by atoms with van der Waals surface area (Å²) in [6.45, 7) is 1.82. The normalized spacial score (nSPS) is 13.1. The summed E-state index contributed by atoms with van der Waals surface area (Å²) < 4.78 is 26.6. The van der Waals surface area contributed by atoms with Crippen molar-refractivity contribution in [2.24, 2.45) is 5.92 Å². The maximum Gasteiger partial charge on any atom is 0.338 e. The Bertz CT molecular complexity index is 633. The fourth-order valence-corrected chi connectivity index (χ4v) is 3.67. The maximum atomic E-state index is 12.2. The molecule has 1 aromatic rings. The molecular formula is C12H15Cl2NO5S. The Morgan fingerprint density at radius 1 is 1.38 bits per heavy atom. The van der Waals surface area contributed by atoms with Crippen LogP contribution in [0.1, 0.15) is 23.7 Å². The molecule has 1 aromatic carbocycles. The van der Waals surface area contributed by atoms with Crippen LogP contribution in [0.5, 0.6) is 0 Å². The minimum atomic E-state index is -3.96. The highest BCUT2D eigenvalue weighted by Crippen LogP contribution is 2.31. The maximum absolute atomic E-state index is 12.2. The number of aliphatic hydroxyl groups excluding tert-OH is 1. The summed E-state index contributed by atoms with van der Waals surface area (Å²) in [4.78, 5) is 10.7. The largest absolute Gasteiger partial charge is 0.478 e. The van der Waals surface area contributed by atoms with E-state index in [9.17, 15) is 13.2 Å². The number of sulfonamides is 1. The molecule has 0 spiro atoms. The van der Waals surface area contributed by atoms with Crippen LogP contribution in [-0.2, 0) is 10.0 Å². The van der Waals surface area contributed by atoms with Gasteiger partial charge in [0.05, 0.1) is 15.6 Å². The van der Waals surface area contributed by atoms with Gasteiger partial charge in [0, 0.05) is 13.2 Å². The van der Waals surface area contributed by atoms with E-state index in [1.54, 1.807) is 6.92 Å². The Balaban J connectivity index is 3.10. The average Bonchev–Trinajstić information content (AvgIpc) is 2.36. The molecule has 0 heterocycles. The van der Waals surface area contributed by atoms with Gasteiger partial charge >= 0.3 is 5.97 Å². The molecule has 1 unspecified atom stereocenters. The van der Waals surface area contributed by atoms with E-state index in [1.807, 2.05) is 0 Å². The molecule has 9 heteroatoms. The van der Waals surface area contributed by atoms with Crippen molar-refractivity contribution < 1.29 is 23.4 Å². The smallest absolute Gasteiger partial charge is 0.338 e. The molecule has 3 N–H and O–H groups in total. The van der Waals surface area contributed by atoms with E-state index in [2.05, 4.69) is 4.72 Å². The SMILES string of the molecule is CC(CCO)CNS(=O)(=O)c1ccc(Cl)c(C(=O)O)c1Cl. The van der Waals surface area contributed by atoms with Crippen molar-refractivity contribution in [3.63, 3.8) is 0 Å². The van der Waals surface area contributed by atoms with Gasteiger partial charge in [0.2, 0.25) is 10.0 Å². The predicted octanol–water partition coefficient (Wildman–Crippen LogP) is 1.99. The number of aromatic carboxylic acids is 1. The van der Waals surface area contributed by atoms with Gasteiger partial charge in [0.25, 0.3) is 0 Å². The zero-order valence-corrected chi connectivity index (χ0v) is 13.5. The van der Waals surface area contributed by atoms with Crippen molar-refractivity contribution in [3.8, 4) is 0 Å². The number of rotatable bonds is 7. The van der Waals surface area contributed by atoms with E-state index in [0.29, 0.717) is 6.42 Å². The molecule has 0 aliphatic heterocycles. The molecule has 0 aromatic heterocycles. The Morgan fingerprint density at radius 3 is 2.52 bits per heavy atom. The Labute approximate surface area is 132 Å². The molecule has 0 amide bonds. The standard InChI is InChI=1S/C12H15Cl2NO5S/c1-7(4-5-16)6-15-21(19,20)9-3-2-8(13)10(11(9)14)12(17)18/h2-3,7,15-16H,4-6H2,1H3,(H,17,18). The summed E-state index contributed by atoms with van der Waals surface area (Å²) in [5.41, 5.74) is -0.454. The molecule has 0 bridgehead atoms. The van der Waals surface area contributed by atoms with Crippen LogP contribution >= 0.6 is 23.2 Å². The van der Waals surface area contributed by atoms with Gasteiger partial charge in [-0.2, -0.15) is 0 Å². The zero-order chi connectivity index (χ0) is 16.2. The molecule has 0 fully saturated rings. The van der Waals surface area contributed by atoms with Crippen LogP contribution in [-0.4, -0.2) is 37.8 Å². The van der Waals surface area contributed by atoms with Crippen molar-refractivity contribution in [3.05, 3.63) is 27.7 Å². The molecule has 1 atom stereocenters. The minimum absolute atomic E-state index is 0.0479. The molecule has 0 saturated carbocycles. The molecule has 0 aliphatic rings. The lowest BCUT2D eigenvalue weighted by molar-refractivity contribution is 0.0697. The van der Waals surface area contributed by atoms with E-state index >= 15 is 0 Å². The Morgan fingerprint density at radius 2 is 2.00 bits per heavy atom. The topological polar surface area (TPSA) is 104 Å². The minimum Gasteiger partial charge on any atom is -0.478 e. The number of carboxylic acid groups (broad SMARTS) is 1. The van der Waals surface area contributed by atoms with Crippen molar-refractivity contribution in [1.82, 2.24) is 4.72 Å². The summed E-state index contributed by atoms with van der Waals surface area (Å²) >= 11 is 11.6. The molecular weight excluding hydrogens is 341 g/mol. The molecule has 21 heavy (non-hydrogen) atoms. The number of aliphatic hydroxyl groups is 1. The van der Waals surface area contributed by atoms with Gasteiger partial charge in [0.1, 0.15) is 4.90 Å². The highest BCUT2D eigenvalue weighted by Gasteiger charge is 2.24. The fraction of sp³-hybridized carbons (Fsp3) is 0.417. The summed E-state index contributed by atoms with van der Waals surface area (Å²) in [7, 11) is -3.96.